The monoisotopic (exact) mass is 362 g/mol. The van der Waals surface area contributed by atoms with Gasteiger partial charge in [0, 0.05) is 16.5 Å². The fourth-order valence-electron chi connectivity index (χ4n) is 3.09. The molecule has 0 aliphatic rings. The van der Waals surface area contributed by atoms with E-state index in [1.807, 2.05) is 50.2 Å². The van der Waals surface area contributed by atoms with Gasteiger partial charge in [0.25, 0.3) is 10.0 Å². The third-order valence-corrected chi connectivity index (χ3v) is 5.79. The van der Waals surface area contributed by atoms with Crippen molar-refractivity contribution >= 4 is 37.4 Å². The molecule has 4 nitrogen and oxygen atoms in total. The summed E-state index contributed by atoms with van der Waals surface area (Å²) in [5.41, 5.74) is 3.11. The number of fused-ring (bicyclic) bond motifs is 3. The molecule has 1 aromatic heterocycles. The summed E-state index contributed by atoms with van der Waals surface area (Å²) in [6, 6.07) is 20.4. The SMILES string of the molecule is Cc1ccc(S(=O)(=O)Nc2cc(C)nc3c2ccc2ccccc23)cc1. The number of benzene rings is 3. The summed E-state index contributed by atoms with van der Waals surface area (Å²) in [6.45, 7) is 3.79. The molecule has 26 heavy (non-hydrogen) atoms. The summed E-state index contributed by atoms with van der Waals surface area (Å²) in [6.07, 6.45) is 0. The Morgan fingerprint density at radius 2 is 1.58 bits per heavy atom. The van der Waals surface area contributed by atoms with Crippen molar-refractivity contribution in [3.8, 4) is 0 Å². The highest BCUT2D eigenvalue weighted by molar-refractivity contribution is 7.92. The van der Waals surface area contributed by atoms with E-state index in [-0.39, 0.29) is 4.90 Å². The van der Waals surface area contributed by atoms with Crippen LogP contribution in [0.5, 0.6) is 0 Å². The molecule has 0 amide bonds. The quantitative estimate of drug-likeness (QED) is 0.532. The molecular formula is C21H18N2O2S. The van der Waals surface area contributed by atoms with Gasteiger partial charge < -0.3 is 0 Å². The standard InChI is InChI=1S/C21H18N2O2S/c1-14-7-10-17(11-8-14)26(24,25)23-20-13-15(2)22-21-18-6-4-3-5-16(18)9-12-19(20)21/h3-13H,1-2H3,(H,22,23). The summed E-state index contributed by atoms with van der Waals surface area (Å²) in [4.78, 5) is 4.89. The molecule has 5 heteroatoms. The minimum absolute atomic E-state index is 0.242. The van der Waals surface area contributed by atoms with Gasteiger partial charge in [-0.3, -0.25) is 9.71 Å². The van der Waals surface area contributed by atoms with Crippen LogP contribution >= 0.6 is 0 Å². The normalized spacial score (nSPS) is 11.8. The van der Waals surface area contributed by atoms with Gasteiger partial charge in [-0.25, -0.2) is 8.42 Å². The van der Waals surface area contributed by atoms with Gasteiger partial charge in [-0.1, -0.05) is 54.1 Å². The number of anilines is 1. The number of hydrogen-bond acceptors (Lipinski definition) is 3. The smallest absolute Gasteiger partial charge is 0.261 e. The van der Waals surface area contributed by atoms with Crippen LogP contribution in [0.15, 0.2) is 71.6 Å². The van der Waals surface area contributed by atoms with Crippen LogP contribution in [0, 0.1) is 13.8 Å². The third kappa shape index (κ3) is 2.91. The van der Waals surface area contributed by atoms with Crippen molar-refractivity contribution in [1.82, 2.24) is 4.98 Å². The Labute approximate surface area is 152 Å². The van der Waals surface area contributed by atoms with E-state index in [1.54, 1.807) is 30.3 Å². The van der Waals surface area contributed by atoms with Gasteiger partial charge in [-0.2, -0.15) is 0 Å². The zero-order valence-electron chi connectivity index (χ0n) is 14.5. The van der Waals surface area contributed by atoms with Crippen molar-refractivity contribution in [3.63, 3.8) is 0 Å². The Morgan fingerprint density at radius 3 is 2.35 bits per heavy atom. The zero-order valence-corrected chi connectivity index (χ0v) is 15.3. The maximum absolute atomic E-state index is 12.8. The molecule has 0 spiro atoms. The number of rotatable bonds is 3. The molecule has 0 aliphatic heterocycles. The van der Waals surface area contributed by atoms with Crippen LogP contribution in [0.2, 0.25) is 0 Å². The number of aromatic nitrogens is 1. The van der Waals surface area contributed by atoms with Crippen LogP contribution in [-0.4, -0.2) is 13.4 Å². The first-order chi connectivity index (χ1) is 12.4. The Morgan fingerprint density at radius 1 is 0.846 bits per heavy atom. The van der Waals surface area contributed by atoms with Gasteiger partial charge in [0.2, 0.25) is 0 Å². The minimum Gasteiger partial charge on any atom is -0.279 e. The molecule has 3 aromatic carbocycles. The van der Waals surface area contributed by atoms with Gasteiger partial charge in [0.05, 0.1) is 16.1 Å². The van der Waals surface area contributed by atoms with E-state index >= 15 is 0 Å². The summed E-state index contributed by atoms with van der Waals surface area (Å²) >= 11 is 0. The van der Waals surface area contributed by atoms with Crippen molar-refractivity contribution in [2.45, 2.75) is 18.7 Å². The maximum atomic E-state index is 12.8. The van der Waals surface area contributed by atoms with Crippen molar-refractivity contribution in [1.29, 1.82) is 0 Å². The topological polar surface area (TPSA) is 59.1 Å². The molecule has 0 saturated carbocycles. The van der Waals surface area contributed by atoms with Crippen LogP contribution in [0.1, 0.15) is 11.3 Å². The van der Waals surface area contributed by atoms with E-state index in [2.05, 4.69) is 9.71 Å². The molecule has 0 bridgehead atoms. The second-order valence-corrected chi connectivity index (χ2v) is 8.10. The summed E-state index contributed by atoms with van der Waals surface area (Å²) in [5, 5.41) is 2.86. The molecule has 1 heterocycles. The lowest BCUT2D eigenvalue weighted by molar-refractivity contribution is 0.601. The van der Waals surface area contributed by atoms with Crippen LogP contribution in [0.4, 0.5) is 5.69 Å². The van der Waals surface area contributed by atoms with Crippen molar-refractivity contribution < 1.29 is 8.42 Å². The molecule has 1 N–H and O–H groups in total. The second kappa shape index (κ2) is 6.11. The summed E-state index contributed by atoms with van der Waals surface area (Å²) in [7, 11) is -3.67. The van der Waals surface area contributed by atoms with Crippen LogP contribution < -0.4 is 4.72 Å². The average Bonchev–Trinajstić information content (AvgIpc) is 2.61. The van der Waals surface area contributed by atoms with E-state index in [0.717, 1.165) is 32.9 Å². The molecule has 0 aliphatic carbocycles. The largest absolute Gasteiger partial charge is 0.279 e. The first-order valence-corrected chi connectivity index (χ1v) is 9.81. The fourth-order valence-corrected chi connectivity index (χ4v) is 4.16. The van der Waals surface area contributed by atoms with Gasteiger partial charge in [-0.15, -0.1) is 0 Å². The lowest BCUT2D eigenvalue weighted by Crippen LogP contribution is -2.13. The first kappa shape index (κ1) is 16.5. The number of pyridine rings is 1. The molecular weight excluding hydrogens is 344 g/mol. The molecule has 4 aromatic rings. The number of aryl methyl sites for hydroxylation is 2. The Kier molecular flexibility index (Phi) is 3.89. The number of nitrogens with one attached hydrogen (secondary N) is 1. The Hall–Kier alpha value is -2.92. The number of hydrogen-bond donors (Lipinski definition) is 1. The third-order valence-electron chi connectivity index (χ3n) is 4.41. The second-order valence-electron chi connectivity index (χ2n) is 6.41. The van der Waals surface area contributed by atoms with Gasteiger partial charge in [-0.05, 0) is 37.4 Å². The average molecular weight is 362 g/mol. The predicted molar refractivity (Wildman–Crippen MR) is 106 cm³/mol. The van der Waals surface area contributed by atoms with Gasteiger partial charge in [0.1, 0.15) is 0 Å². The molecule has 0 saturated heterocycles. The highest BCUT2D eigenvalue weighted by atomic mass is 32.2. The van der Waals surface area contributed by atoms with Crippen LogP contribution in [0.3, 0.4) is 0 Å². The Balaban J connectivity index is 1.89. The van der Waals surface area contributed by atoms with E-state index in [4.69, 9.17) is 0 Å². The minimum atomic E-state index is -3.67. The molecule has 4 rings (SSSR count). The van der Waals surface area contributed by atoms with Crippen molar-refractivity contribution in [2.24, 2.45) is 0 Å². The lowest BCUT2D eigenvalue weighted by Gasteiger charge is -2.13. The van der Waals surface area contributed by atoms with E-state index in [9.17, 15) is 8.42 Å². The van der Waals surface area contributed by atoms with E-state index in [1.165, 1.54) is 0 Å². The highest BCUT2D eigenvalue weighted by Crippen LogP contribution is 2.31. The molecule has 0 atom stereocenters. The predicted octanol–water partition coefficient (Wildman–Crippen LogP) is 4.81. The van der Waals surface area contributed by atoms with Crippen molar-refractivity contribution in [3.05, 3.63) is 78.0 Å². The summed E-state index contributed by atoms with van der Waals surface area (Å²) < 4.78 is 28.3. The molecule has 0 fully saturated rings. The Bertz CT molecular complexity index is 1230. The van der Waals surface area contributed by atoms with Crippen LogP contribution in [0.25, 0.3) is 21.7 Å². The van der Waals surface area contributed by atoms with E-state index in [0.29, 0.717) is 5.69 Å². The maximum Gasteiger partial charge on any atom is 0.261 e. The van der Waals surface area contributed by atoms with Crippen LogP contribution in [-0.2, 0) is 10.0 Å². The highest BCUT2D eigenvalue weighted by Gasteiger charge is 2.17. The number of sulfonamides is 1. The fraction of sp³-hybridized carbons (Fsp3) is 0.0952. The molecule has 130 valence electrons. The zero-order chi connectivity index (χ0) is 18.3. The summed E-state index contributed by atoms with van der Waals surface area (Å²) in [5.74, 6) is 0. The van der Waals surface area contributed by atoms with Gasteiger partial charge >= 0.3 is 0 Å². The molecule has 0 radical (unpaired) electrons. The van der Waals surface area contributed by atoms with E-state index < -0.39 is 10.0 Å². The van der Waals surface area contributed by atoms with Crippen molar-refractivity contribution in [2.75, 3.05) is 4.72 Å². The molecule has 0 unspecified atom stereocenters. The van der Waals surface area contributed by atoms with Gasteiger partial charge in [0.15, 0.2) is 0 Å². The first-order valence-electron chi connectivity index (χ1n) is 8.33. The lowest BCUT2D eigenvalue weighted by atomic mass is 10.0. The number of nitrogens with zero attached hydrogens (tertiary/aromatic N) is 1.